The summed E-state index contributed by atoms with van der Waals surface area (Å²) in [5, 5.41) is 0. The number of imidazole rings is 1. The van der Waals surface area contributed by atoms with E-state index >= 15 is 0 Å². The number of nitrogens with zero attached hydrogens (tertiary/aromatic N) is 4. The van der Waals surface area contributed by atoms with Crippen LogP contribution in [-0.4, -0.2) is 19.4 Å². The van der Waals surface area contributed by atoms with Crippen LogP contribution in [0.25, 0.3) is 16.6 Å². The second kappa shape index (κ2) is 5.49. The lowest BCUT2D eigenvalue weighted by atomic mass is 10.1. The highest BCUT2D eigenvalue weighted by Gasteiger charge is 2.07. The minimum absolute atomic E-state index is 0.0973. The van der Waals surface area contributed by atoms with E-state index in [1.807, 2.05) is 22.7 Å². The Morgan fingerprint density at radius 3 is 2.57 bits per heavy atom. The fraction of sp³-hybridized carbons (Fsp3) is 0. The van der Waals surface area contributed by atoms with Gasteiger partial charge in [0, 0.05) is 29.7 Å². The molecule has 4 aromatic rings. The number of halogens is 1. The number of benzene rings is 1. The number of hydrogen-bond acceptors (Lipinski definition) is 4. The van der Waals surface area contributed by atoms with Crippen LogP contribution in [0.3, 0.4) is 0 Å². The zero-order chi connectivity index (χ0) is 15.6. The van der Waals surface area contributed by atoms with Gasteiger partial charge >= 0.3 is 6.01 Å². The van der Waals surface area contributed by atoms with Gasteiger partial charge in [0.2, 0.25) is 0 Å². The first-order valence-corrected chi connectivity index (χ1v) is 6.96. The molecule has 0 spiro atoms. The van der Waals surface area contributed by atoms with E-state index in [4.69, 9.17) is 4.74 Å². The molecule has 0 N–H and O–H groups in total. The molecule has 23 heavy (non-hydrogen) atoms. The first-order chi connectivity index (χ1) is 11.3. The first kappa shape index (κ1) is 13.4. The highest BCUT2D eigenvalue weighted by molar-refractivity contribution is 5.63. The molecule has 0 saturated heterocycles. The van der Waals surface area contributed by atoms with E-state index in [9.17, 15) is 4.39 Å². The van der Waals surface area contributed by atoms with Crippen molar-refractivity contribution < 1.29 is 9.13 Å². The normalized spacial score (nSPS) is 10.8. The average molecular weight is 306 g/mol. The molecule has 3 aromatic heterocycles. The molecule has 0 aliphatic carbocycles. The third-order valence-electron chi connectivity index (χ3n) is 3.41. The van der Waals surface area contributed by atoms with Gasteiger partial charge in [-0.05, 0) is 18.2 Å². The fourth-order valence-electron chi connectivity index (χ4n) is 2.23. The minimum Gasteiger partial charge on any atom is -0.421 e. The Labute approximate surface area is 131 Å². The predicted molar refractivity (Wildman–Crippen MR) is 82.7 cm³/mol. The van der Waals surface area contributed by atoms with Gasteiger partial charge in [0.05, 0.1) is 18.0 Å². The van der Waals surface area contributed by atoms with Gasteiger partial charge in [0.1, 0.15) is 0 Å². The molecule has 0 saturated carbocycles. The number of aromatic nitrogens is 4. The lowest BCUT2D eigenvalue weighted by molar-refractivity contribution is 0.411. The molecule has 0 aliphatic heterocycles. The Hall–Kier alpha value is -3.28. The van der Waals surface area contributed by atoms with Crippen molar-refractivity contribution in [3.8, 4) is 22.9 Å². The van der Waals surface area contributed by atoms with Crippen molar-refractivity contribution in [3.63, 3.8) is 0 Å². The molecule has 1 aromatic carbocycles. The standard InChI is InChI=1S/C17H11FN4O/c18-15-3-1-2-4-16(15)23-17-20-7-13(8-21-17)12-5-6-14-9-19-11-22(14)10-12/h1-11H. The number of hydrogen-bond donors (Lipinski definition) is 0. The smallest absolute Gasteiger partial charge is 0.321 e. The monoisotopic (exact) mass is 306 g/mol. The molecule has 0 fully saturated rings. The molecular weight excluding hydrogens is 295 g/mol. The van der Waals surface area contributed by atoms with E-state index in [1.165, 1.54) is 12.1 Å². The highest BCUT2D eigenvalue weighted by Crippen LogP contribution is 2.23. The van der Waals surface area contributed by atoms with Crippen LogP contribution in [0, 0.1) is 5.82 Å². The van der Waals surface area contributed by atoms with E-state index in [0.29, 0.717) is 0 Å². The summed E-state index contributed by atoms with van der Waals surface area (Å²) in [6, 6.07) is 10.2. The topological polar surface area (TPSA) is 52.3 Å². The number of rotatable bonds is 3. The molecule has 0 radical (unpaired) electrons. The van der Waals surface area contributed by atoms with Crippen LogP contribution in [0.2, 0.25) is 0 Å². The second-order valence-corrected chi connectivity index (χ2v) is 4.93. The third kappa shape index (κ3) is 2.62. The summed E-state index contributed by atoms with van der Waals surface area (Å²) in [5.74, 6) is -0.356. The summed E-state index contributed by atoms with van der Waals surface area (Å²) in [6.07, 6.45) is 8.74. The quantitative estimate of drug-likeness (QED) is 0.579. The van der Waals surface area contributed by atoms with Gasteiger partial charge < -0.3 is 9.14 Å². The number of para-hydroxylation sites is 1. The van der Waals surface area contributed by atoms with Crippen LogP contribution in [0.4, 0.5) is 4.39 Å². The van der Waals surface area contributed by atoms with E-state index in [0.717, 1.165) is 16.6 Å². The molecule has 4 rings (SSSR count). The molecule has 112 valence electrons. The first-order valence-electron chi connectivity index (χ1n) is 6.96. The summed E-state index contributed by atoms with van der Waals surface area (Å²) in [7, 11) is 0. The lowest BCUT2D eigenvalue weighted by Crippen LogP contribution is -1.94. The Bertz CT molecular complexity index is 966. The maximum Gasteiger partial charge on any atom is 0.321 e. The maximum atomic E-state index is 13.5. The average Bonchev–Trinajstić information content (AvgIpc) is 3.05. The van der Waals surface area contributed by atoms with Gasteiger partial charge in [0.25, 0.3) is 0 Å². The van der Waals surface area contributed by atoms with E-state index < -0.39 is 5.82 Å². The van der Waals surface area contributed by atoms with Crippen molar-refractivity contribution in [2.75, 3.05) is 0 Å². The van der Waals surface area contributed by atoms with E-state index in [-0.39, 0.29) is 11.8 Å². The Morgan fingerprint density at radius 2 is 1.74 bits per heavy atom. The summed E-state index contributed by atoms with van der Waals surface area (Å²) in [5.41, 5.74) is 2.79. The molecule has 0 atom stereocenters. The second-order valence-electron chi connectivity index (χ2n) is 4.93. The molecule has 5 nitrogen and oxygen atoms in total. The number of pyridine rings is 1. The van der Waals surface area contributed by atoms with Crippen molar-refractivity contribution in [2.24, 2.45) is 0 Å². The van der Waals surface area contributed by atoms with Crippen LogP contribution in [0.5, 0.6) is 11.8 Å². The zero-order valence-corrected chi connectivity index (χ0v) is 11.9. The largest absolute Gasteiger partial charge is 0.421 e. The Morgan fingerprint density at radius 1 is 0.913 bits per heavy atom. The predicted octanol–water partition coefficient (Wildman–Crippen LogP) is 3.72. The summed E-state index contributed by atoms with van der Waals surface area (Å²) < 4.78 is 20.8. The van der Waals surface area contributed by atoms with E-state index in [2.05, 4.69) is 15.0 Å². The molecule has 6 heteroatoms. The zero-order valence-electron chi connectivity index (χ0n) is 11.9. The molecule has 3 heterocycles. The van der Waals surface area contributed by atoms with Crippen molar-refractivity contribution >= 4 is 5.52 Å². The number of fused-ring (bicyclic) bond motifs is 1. The van der Waals surface area contributed by atoms with Crippen molar-refractivity contribution in [1.29, 1.82) is 0 Å². The van der Waals surface area contributed by atoms with Crippen LogP contribution >= 0.6 is 0 Å². The van der Waals surface area contributed by atoms with Crippen LogP contribution in [-0.2, 0) is 0 Å². The maximum absolute atomic E-state index is 13.5. The summed E-state index contributed by atoms with van der Waals surface area (Å²) >= 11 is 0. The molecule has 0 aliphatic rings. The van der Waals surface area contributed by atoms with Crippen molar-refractivity contribution in [3.05, 3.63) is 73.3 Å². The van der Waals surface area contributed by atoms with Crippen LogP contribution in [0.1, 0.15) is 0 Å². The highest BCUT2D eigenvalue weighted by atomic mass is 19.1. The minimum atomic E-state index is -0.453. The van der Waals surface area contributed by atoms with Crippen LogP contribution in [0.15, 0.2) is 67.5 Å². The SMILES string of the molecule is Fc1ccccc1Oc1ncc(-c2ccc3cncn3c2)cn1. The summed E-state index contributed by atoms with van der Waals surface area (Å²) in [6.45, 7) is 0. The third-order valence-corrected chi connectivity index (χ3v) is 3.41. The van der Waals surface area contributed by atoms with Gasteiger partial charge in [-0.1, -0.05) is 18.2 Å². The van der Waals surface area contributed by atoms with Crippen molar-refractivity contribution in [1.82, 2.24) is 19.4 Å². The molecule has 0 unspecified atom stereocenters. The number of ether oxygens (including phenoxy) is 1. The lowest BCUT2D eigenvalue weighted by Gasteiger charge is -2.06. The van der Waals surface area contributed by atoms with Gasteiger partial charge in [-0.3, -0.25) is 0 Å². The molecule has 0 amide bonds. The van der Waals surface area contributed by atoms with Crippen molar-refractivity contribution in [2.45, 2.75) is 0 Å². The van der Waals surface area contributed by atoms with Gasteiger partial charge in [-0.2, -0.15) is 0 Å². The van der Waals surface area contributed by atoms with Crippen LogP contribution < -0.4 is 4.74 Å². The Kier molecular flexibility index (Phi) is 3.20. The Balaban J connectivity index is 1.61. The molecule has 0 bridgehead atoms. The van der Waals surface area contributed by atoms with Gasteiger partial charge in [0.15, 0.2) is 11.6 Å². The molecular formula is C17H11FN4O. The van der Waals surface area contributed by atoms with Gasteiger partial charge in [-0.15, -0.1) is 0 Å². The van der Waals surface area contributed by atoms with Gasteiger partial charge in [-0.25, -0.2) is 19.3 Å². The fourth-order valence-corrected chi connectivity index (χ4v) is 2.23. The van der Waals surface area contributed by atoms with E-state index in [1.54, 1.807) is 37.1 Å². The summed E-state index contributed by atoms with van der Waals surface area (Å²) in [4.78, 5) is 12.4.